The molecule has 0 atom stereocenters. The van der Waals surface area contributed by atoms with Crippen molar-refractivity contribution in [2.24, 2.45) is 0 Å². The van der Waals surface area contributed by atoms with Gasteiger partial charge in [-0.3, -0.25) is 4.79 Å². The van der Waals surface area contributed by atoms with Crippen LogP contribution in [0.5, 0.6) is 5.75 Å². The zero-order valence-electron chi connectivity index (χ0n) is 14.2. The van der Waals surface area contributed by atoms with Crippen LogP contribution in [-0.2, 0) is 6.61 Å². The van der Waals surface area contributed by atoms with E-state index < -0.39 is 11.9 Å². The highest BCUT2D eigenvalue weighted by atomic mass is 79.9. The van der Waals surface area contributed by atoms with Gasteiger partial charge >= 0.3 is 5.97 Å². The molecule has 0 aliphatic carbocycles. The Kier molecular flexibility index (Phi) is 5.88. The summed E-state index contributed by atoms with van der Waals surface area (Å²) in [6.45, 7) is 0.438. The summed E-state index contributed by atoms with van der Waals surface area (Å²) in [5.41, 5.74) is 1.71. The lowest BCUT2D eigenvalue weighted by Crippen LogP contribution is -2.14. The molecular formula is C21H16BrNO4. The molecular weight excluding hydrogens is 410 g/mol. The topological polar surface area (TPSA) is 75.6 Å². The Hall–Kier alpha value is -3.12. The summed E-state index contributed by atoms with van der Waals surface area (Å²) >= 11 is 3.23. The highest BCUT2D eigenvalue weighted by Gasteiger charge is 2.14. The van der Waals surface area contributed by atoms with E-state index in [2.05, 4.69) is 21.2 Å². The van der Waals surface area contributed by atoms with E-state index >= 15 is 0 Å². The molecule has 0 saturated carbocycles. The van der Waals surface area contributed by atoms with Gasteiger partial charge in [-0.1, -0.05) is 46.3 Å². The Morgan fingerprint density at radius 3 is 2.33 bits per heavy atom. The molecule has 2 N–H and O–H groups in total. The quantitative estimate of drug-likeness (QED) is 0.583. The average molecular weight is 426 g/mol. The van der Waals surface area contributed by atoms with Gasteiger partial charge in [-0.25, -0.2) is 4.79 Å². The molecule has 1 amide bonds. The number of aromatic carboxylic acids is 1. The van der Waals surface area contributed by atoms with Crippen LogP contribution < -0.4 is 10.1 Å². The van der Waals surface area contributed by atoms with Crippen LogP contribution in [0.15, 0.2) is 77.3 Å². The molecule has 0 aliphatic heterocycles. The van der Waals surface area contributed by atoms with E-state index in [0.29, 0.717) is 22.4 Å². The van der Waals surface area contributed by atoms with Crippen LogP contribution in [0.25, 0.3) is 0 Å². The molecule has 0 bridgehead atoms. The zero-order chi connectivity index (χ0) is 19.2. The molecule has 3 rings (SSSR count). The van der Waals surface area contributed by atoms with E-state index in [-0.39, 0.29) is 11.3 Å². The summed E-state index contributed by atoms with van der Waals surface area (Å²) in [7, 11) is 0. The van der Waals surface area contributed by atoms with Crippen molar-refractivity contribution in [2.45, 2.75) is 6.61 Å². The van der Waals surface area contributed by atoms with Crippen molar-refractivity contribution in [2.75, 3.05) is 5.32 Å². The van der Waals surface area contributed by atoms with Gasteiger partial charge in [0.15, 0.2) is 0 Å². The van der Waals surface area contributed by atoms with Gasteiger partial charge in [0, 0.05) is 10.0 Å². The average Bonchev–Trinajstić information content (AvgIpc) is 2.68. The number of carboxylic acids is 1. The Bertz CT molecular complexity index is 956. The lowest BCUT2D eigenvalue weighted by Gasteiger charge is -2.10. The molecule has 27 heavy (non-hydrogen) atoms. The first kappa shape index (κ1) is 18.7. The highest BCUT2D eigenvalue weighted by Crippen LogP contribution is 2.22. The summed E-state index contributed by atoms with van der Waals surface area (Å²) in [5, 5.41) is 11.9. The van der Waals surface area contributed by atoms with Crippen molar-refractivity contribution < 1.29 is 19.4 Å². The number of anilines is 1. The summed E-state index contributed by atoms with van der Waals surface area (Å²) in [4.78, 5) is 23.7. The molecule has 0 spiro atoms. The standard InChI is InChI=1S/C21H16BrNO4/c22-16-8-11-19(18(12-16)21(25)26)23-20(24)15-6-9-17(10-7-15)27-13-14-4-2-1-3-5-14/h1-12H,13H2,(H,23,24)(H,25,26). The van der Waals surface area contributed by atoms with Crippen LogP contribution in [0.1, 0.15) is 26.3 Å². The number of hydrogen-bond acceptors (Lipinski definition) is 3. The van der Waals surface area contributed by atoms with Crippen molar-refractivity contribution >= 4 is 33.5 Å². The molecule has 3 aromatic carbocycles. The maximum atomic E-state index is 12.4. The van der Waals surface area contributed by atoms with Crippen LogP contribution >= 0.6 is 15.9 Å². The van der Waals surface area contributed by atoms with Crippen LogP contribution in [0.4, 0.5) is 5.69 Å². The number of carboxylic acid groups (broad SMARTS) is 1. The van der Waals surface area contributed by atoms with Crippen molar-refractivity contribution in [3.05, 3.63) is 94.0 Å². The molecule has 3 aromatic rings. The Balaban J connectivity index is 1.67. The second kappa shape index (κ2) is 8.51. The Morgan fingerprint density at radius 2 is 1.67 bits per heavy atom. The number of carbonyl (C=O) groups excluding carboxylic acids is 1. The number of nitrogens with one attached hydrogen (secondary N) is 1. The molecule has 0 fully saturated rings. The van der Waals surface area contributed by atoms with Gasteiger partial charge in [0.1, 0.15) is 12.4 Å². The fraction of sp³-hybridized carbons (Fsp3) is 0.0476. The zero-order valence-corrected chi connectivity index (χ0v) is 15.8. The Morgan fingerprint density at radius 1 is 0.963 bits per heavy atom. The van der Waals surface area contributed by atoms with Gasteiger partial charge in [-0.05, 0) is 48.0 Å². The summed E-state index contributed by atoms with van der Waals surface area (Å²) in [6.07, 6.45) is 0. The minimum Gasteiger partial charge on any atom is -0.489 e. The third-order valence-corrected chi connectivity index (χ3v) is 4.32. The number of ether oxygens (including phenoxy) is 1. The number of carbonyl (C=O) groups is 2. The molecule has 0 unspecified atom stereocenters. The van der Waals surface area contributed by atoms with E-state index in [1.807, 2.05) is 30.3 Å². The Labute approximate surface area is 164 Å². The molecule has 0 heterocycles. The van der Waals surface area contributed by atoms with Gasteiger partial charge in [-0.2, -0.15) is 0 Å². The monoisotopic (exact) mass is 425 g/mol. The molecule has 136 valence electrons. The van der Waals surface area contributed by atoms with Gasteiger partial charge in [0.2, 0.25) is 0 Å². The SMILES string of the molecule is O=C(Nc1ccc(Br)cc1C(=O)O)c1ccc(OCc2ccccc2)cc1. The third kappa shape index (κ3) is 4.95. The summed E-state index contributed by atoms with van der Waals surface area (Å²) in [6, 6.07) is 21.1. The number of hydrogen-bond donors (Lipinski definition) is 2. The second-order valence-corrected chi connectivity index (χ2v) is 6.66. The fourth-order valence-electron chi connectivity index (χ4n) is 2.44. The normalized spacial score (nSPS) is 10.3. The smallest absolute Gasteiger partial charge is 0.337 e. The van der Waals surface area contributed by atoms with E-state index in [0.717, 1.165) is 5.56 Å². The molecule has 6 heteroatoms. The molecule has 5 nitrogen and oxygen atoms in total. The summed E-state index contributed by atoms with van der Waals surface area (Å²) in [5.74, 6) is -0.865. The lowest BCUT2D eigenvalue weighted by atomic mass is 10.1. The fourth-order valence-corrected chi connectivity index (χ4v) is 2.80. The molecule has 0 aromatic heterocycles. The number of rotatable bonds is 6. The van der Waals surface area contributed by atoms with E-state index in [4.69, 9.17) is 4.74 Å². The first-order chi connectivity index (χ1) is 13.0. The van der Waals surface area contributed by atoms with Gasteiger partial charge < -0.3 is 15.2 Å². The molecule has 0 saturated heterocycles. The van der Waals surface area contributed by atoms with Crippen molar-refractivity contribution in [3.63, 3.8) is 0 Å². The number of benzene rings is 3. The lowest BCUT2D eigenvalue weighted by molar-refractivity contribution is 0.0698. The number of amides is 1. The maximum absolute atomic E-state index is 12.4. The minimum atomic E-state index is -1.11. The van der Waals surface area contributed by atoms with Crippen molar-refractivity contribution in [1.82, 2.24) is 0 Å². The second-order valence-electron chi connectivity index (χ2n) is 5.75. The van der Waals surface area contributed by atoms with Crippen LogP contribution in [-0.4, -0.2) is 17.0 Å². The van der Waals surface area contributed by atoms with Gasteiger partial charge in [0.25, 0.3) is 5.91 Å². The highest BCUT2D eigenvalue weighted by molar-refractivity contribution is 9.10. The van der Waals surface area contributed by atoms with Crippen LogP contribution in [0.2, 0.25) is 0 Å². The number of halogens is 1. The predicted molar refractivity (Wildman–Crippen MR) is 106 cm³/mol. The first-order valence-corrected chi connectivity index (χ1v) is 8.93. The summed E-state index contributed by atoms with van der Waals surface area (Å²) < 4.78 is 6.32. The van der Waals surface area contributed by atoms with Crippen molar-refractivity contribution in [3.8, 4) is 5.75 Å². The van der Waals surface area contributed by atoms with Gasteiger partial charge in [0.05, 0.1) is 11.3 Å². The largest absolute Gasteiger partial charge is 0.489 e. The van der Waals surface area contributed by atoms with Crippen LogP contribution in [0.3, 0.4) is 0 Å². The van der Waals surface area contributed by atoms with E-state index in [9.17, 15) is 14.7 Å². The first-order valence-electron chi connectivity index (χ1n) is 8.14. The molecule has 0 radical (unpaired) electrons. The maximum Gasteiger partial charge on any atom is 0.337 e. The van der Waals surface area contributed by atoms with Crippen molar-refractivity contribution in [1.29, 1.82) is 0 Å². The van der Waals surface area contributed by atoms with Gasteiger partial charge in [-0.15, -0.1) is 0 Å². The van der Waals surface area contributed by atoms with E-state index in [1.54, 1.807) is 36.4 Å². The van der Waals surface area contributed by atoms with E-state index in [1.165, 1.54) is 6.07 Å². The van der Waals surface area contributed by atoms with Crippen LogP contribution in [0, 0.1) is 0 Å². The molecule has 0 aliphatic rings. The third-order valence-electron chi connectivity index (χ3n) is 3.83. The predicted octanol–water partition coefficient (Wildman–Crippen LogP) is 4.98. The minimum absolute atomic E-state index is 0.0144.